The van der Waals surface area contributed by atoms with Gasteiger partial charge in [-0.3, -0.25) is 4.79 Å². The highest BCUT2D eigenvalue weighted by atomic mass is 32.1. The first-order chi connectivity index (χ1) is 17.0. The van der Waals surface area contributed by atoms with Gasteiger partial charge < -0.3 is 19.9 Å². The number of likely N-dealkylation sites (N-methyl/N-ethyl adjacent to an activating group) is 1. The highest BCUT2D eigenvalue weighted by molar-refractivity contribution is 7.22. The van der Waals surface area contributed by atoms with Crippen molar-refractivity contribution in [2.75, 3.05) is 49.7 Å². The summed E-state index contributed by atoms with van der Waals surface area (Å²) in [6, 6.07) is 16.6. The SMILES string of the molecule is Cc1ccc(-n2nc(C)c3sc(N(C)CC(=O)NCc4ccc(N5CCOCC5)cc4)nc32)cc1. The van der Waals surface area contributed by atoms with Crippen LogP contribution in [0.15, 0.2) is 48.5 Å². The van der Waals surface area contributed by atoms with E-state index >= 15 is 0 Å². The summed E-state index contributed by atoms with van der Waals surface area (Å²) < 4.78 is 8.33. The summed E-state index contributed by atoms with van der Waals surface area (Å²) >= 11 is 1.56. The van der Waals surface area contributed by atoms with Crippen LogP contribution in [0.4, 0.5) is 10.8 Å². The van der Waals surface area contributed by atoms with Crippen LogP contribution in [-0.2, 0) is 16.1 Å². The lowest BCUT2D eigenvalue weighted by molar-refractivity contribution is -0.119. The summed E-state index contributed by atoms with van der Waals surface area (Å²) in [6.07, 6.45) is 0. The van der Waals surface area contributed by atoms with Gasteiger partial charge in [-0.15, -0.1) is 0 Å². The maximum Gasteiger partial charge on any atom is 0.239 e. The molecule has 0 bridgehead atoms. The smallest absolute Gasteiger partial charge is 0.239 e. The molecule has 35 heavy (non-hydrogen) atoms. The second-order valence-electron chi connectivity index (χ2n) is 8.88. The highest BCUT2D eigenvalue weighted by Crippen LogP contribution is 2.32. The lowest BCUT2D eigenvalue weighted by Crippen LogP contribution is -2.36. The minimum atomic E-state index is -0.0408. The molecular weight excluding hydrogens is 460 g/mol. The molecule has 3 heterocycles. The Morgan fingerprint density at radius 1 is 1.06 bits per heavy atom. The lowest BCUT2D eigenvalue weighted by Gasteiger charge is -2.28. The molecule has 182 valence electrons. The van der Waals surface area contributed by atoms with Gasteiger partial charge in [0, 0.05) is 32.4 Å². The van der Waals surface area contributed by atoms with E-state index in [9.17, 15) is 4.79 Å². The number of anilines is 2. The fourth-order valence-corrected chi connectivity index (χ4v) is 5.09. The summed E-state index contributed by atoms with van der Waals surface area (Å²) in [4.78, 5) is 21.7. The second-order valence-corrected chi connectivity index (χ2v) is 9.86. The number of fused-ring (bicyclic) bond motifs is 1. The Bertz CT molecular complexity index is 1310. The van der Waals surface area contributed by atoms with E-state index < -0.39 is 0 Å². The van der Waals surface area contributed by atoms with Crippen LogP contribution in [0.1, 0.15) is 16.8 Å². The topological polar surface area (TPSA) is 75.5 Å². The predicted octanol–water partition coefficient (Wildman–Crippen LogP) is 3.69. The van der Waals surface area contributed by atoms with Crippen LogP contribution in [0, 0.1) is 13.8 Å². The van der Waals surface area contributed by atoms with Crippen LogP contribution < -0.4 is 15.1 Å². The van der Waals surface area contributed by atoms with Crippen LogP contribution in [-0.4, -0.2) is 60.6 Å². The van der Waals surface area contributed by atoms with Gasteiger partial charge in [0.25, 0.3) is 0 Å². The normalized spacial score (nSPS) is 13.9. The minimum Gasteiger partial charge on any atom is -0.378 e. The van der Waals surface area contributed by atoms with Crippen LogP contribution in [0.3, 0.4) is 0 Å². The van der Waals surface area contributed by atoms with Crippen molar-refractivity contribution in [3.05, 3.63) is 65.4 Å². The second kappa shape index (κ2) is 10.1. The predicted molar refractivity (Wildman–Crippen MR) is 141 cm³/mol. The largest absolute Gasteiger partial charge is 0.378 e. The minimum absolute atomic E-state index is 0.0408. The molecule has 1 aliphatic heterocycles. The number of benzene rings is 2. The zero-order chi connectivity index (χ0) is 24.4. The highest BCUT2D eigenvalue weighted by Gasteiger charge is 2.18. The number of carbonyl (C=O) groups excluding carboxylic acids is 1. The zero-order valence-corrected chi connectivity index (χ0v) is 21.1. The van der Waals surface area contributed by atoms with Crippen molar-refractivity contribution in [1.29, 1.82) is 0 Å². The zero-order valence-electron chi connectivity index (χ0n) is 20.3. The quantitative estimate of drug-likeness (QED) is 0.426. The molecule has 1 amide bonds. The first-order valence-electron chi connectivity index (χ1n) is 11.8. The molecule has 0 unspecified atom stereocenters. The van der Waals surface area contributed by atoms with Gasteiger partial charge in [0.2, 0.25) is 5.91 Å². The molecule has 2 aromatic carbocycles. The van der Waals surface area contributed by atoms with Gasteiger partial charge in [0.15, 0.2) is 10.8 Å². The summed E-state index contributed by atoms with van der Waals surface area (Å²) in [6.45, 7) is 8.15. The average molecular weight is 491 g/mol. The van der Waals surface area contributed by atoms with Crippen molar-refractivity contribution in [2.45, 2.75) is 20.4 Å². The van der Waals surface area contributed by atoms with Crippen LogP contribution in [0.25, 0.3) is 16.0 Å². The standard InChI is InChI=1S/C26H30N6O2S/c1-18-4-8-22(9-5-18)32-25-24(19(2)29-32)35-26(28-25)30(3)17-23(33)27-16-20-6-10-21(11-7-20)31-12-14-34-15-13-31/h4-11H,12-17H2,1-3H3,(H,27,33). The molecule has 0 atom stereocenters. The van der Waals surface area contributed by atoms with E-state index in [0.717, 1.165) is 58.7 Å². The van der Waals surface area contributed by atoms with E-state index in [1.807, 2.05) is 35.7 Å². The fraction of sp³-hybridized carbons (Fsp3) is 0.346. The molecule has 0 saturated carbocycles. The van der Waals surface area contributed by atoms with Gasteiger partial charge in [0.1, 0.15) is 0 Å². The number of ether oxygens (including phenoxy) is 1. The van der Waals surface area contributed by atoms with E-state index in [2.05, 4.69) is 58.6 Å². The Morgan fingerprint density at radius 2 is 1.74 bits per heavy atom. The average Bonchev–Trinajstić information content (AvgIpc) is 3.45. The van der Waals surface area contributed by atoms with Crippen molar-refractivity contribution < 1.29 is 9.53 Å². The number of carbonyl (C=O) groups is 1. The van der Waals surface area contributed by atoms with Crippen molar-refractivity contribution in [3.8, 4) is 5.69 Å². The van der Waals surface area contributed by atoms with Crippen LogP contribution in [0.2, 0.25) is 0 Å². The molecule has 0 radical (unpaired) electrons. The maximum atomic E-state index is 12.6. The Labute approximate surface area is 209 Å². The first kappa shape index (κ1) is 23.3. The number of aryl methyl sites for hydroxylation is 2. The van der Waals surface area contributed by atoms with Gasteiger partial charge in [-0.2, -0.15) is 10.1 Å². The number of hydrogen-bond acceptors (Lipinski definition) is 7. The Hall–Kier alpha value is -3.43. The third-order valence-electron chi connectivity index (χ3n) is 6.17. The molecule has 8 nitrogen and oxygen atoms in total. The Morgan fingerprint density at radius 3 is 2.46 bits per heavy atom. The summed E-state index contributed by atoms with van der Waals surface area (Å²) in [5.41, 5.74) is 6.20. The third-order valence-corrected chi connectivity index (χ3v) is 7.43. The monoisotopic (exact) mass is 490 g/mol. The number of amides is 1. The maximum absolute atomic E-state index is 12.6. The number of nitrogens with zero attached hydrogens (tertiary/aromatic N) is 5. The molecular formula is C26H30N6O2S. The third kappa shape index (κ3) is 5.16. The van der Waals surface area contributed by atoms with Crippen LogP contribution >= 0.6 is 11.3 Å². The van der Waals surface area contributed by atoms with Gasteiger partial charge in [0.05, 0.1) is 35.8 Å². The molecule has 4 aromatic rings. The Kier molecular flexibility index (Phi) is 6.70. The fourth-order valence-electron chi connectivity index (χ4n) is 4.14. The number of morpholine rings is 1. The number of rotatable bonds is 7. The molecule has 0 aliphatic carbocycles. The molecule has 9 heteroatoms. The van der Waals surface area contributed by atoms with Crippen molar-refractivity contribution in [1.82, 2.24) is 20.1 Å². The van der Waals surface area contributed by atoms with E-state index in [1.165, 1.54) is 11.3 Å². The van der Waals surface area contributed by atoms with E-state index in [1.54, 1.807) is 11.3 Å². The summed E-state index contributed by atoms with van der Waals surface area (Å²) in [5.74, 6) is -0.0408. The van der Waals surface area contributed by atoms with Gasteiger partial charge in [-0.25, -0.2) is 4.68 Å². The number of nitrogens with one attached hydrogen (secondary N) is 1. The molecule has 1 N–H and O–H groups in total. The van der Waals surface area contributed by atoms with E-state index in [-0.39, 0.29) is 12.5 Å². The molecule has 2 aromatic heterocycles. The van der Waals surface area contributed by atoms with E-state index in [4.69, 9.17) is 9.72 Å². The number of aromatic nitrogens is 3. The van der Waals surface area contributed by atoms with Crippen molar-refractivity contribution >= 4 is 38.4 Å². The molecule has 0 spiro atoms. The van der Waals surface area contributed by atoms with Gasteiger partial charge in [-0.1, -0.05) is 41.2 Å². The lowest BCUT2D eigenvalue weighted by atomic mass is 10.2. The summed E-state index contributed by atoms with van der Waals surface area (Å²) in [5, 5.41) is 8.49. The first-order valence-corrected chi connectivity index (χ1v) is 12.6. The van der Waals surface area contributed by atoms with Crippen molar-refractivity contribution in [3.63, 3.8) is 0 Å². The van der Waals surface area contributed by atoms with Gasteiger partial charge >= 0.3 is 0 Å². The van der Waals surface area contributed by atoms with Crippen LogP contribution in [0.5, 0.6) is 0 Å². The summed E-state index contributed by atoms with van der Waals surface area (Å²) in [7, 11) is 1.90. The van der Waals surface area contributed by atoms with Gasteiger partial charge in [-0.05, 0) is 43.7 Å². The number of thiazole rings is 1. The molecule has 5 rings (SSSR count). The number of hydrogen-bond donors (Lipinski definition) is 1. The molecule has 1 aliphatic rings. The Balaban J connectivity index is 1.20. The van der Waals surface area contributed by atoms with E-state index in [0.29, 0.717) is 6.54 Å². The molecule has 1 fully saturated rings. The van der Waals surface area contributed by atoms with Crippen molar-refractivity contribution in [2.24, 2.45) is 0 Å². The molecule has 1 saturated heterocycles.